The van der Waals surface area contributed by atoms with Gasteiger partial charge in [-0.15, -0.1) is 0 Å². The number of benzene rings is 1. The van der Waals surface area contributed by atoms with Gasteiger partial charge in [0.05, 0.1) is 18.3 Å². The third-order valence-corrected chi connectivity index (χ3v) is 5.38. The molecule has 1 aromatic carbocycles. The van der Waals surface area contributed by atoms with Crippen LogP contribution >= 0.6 is 11.6 Å². The summed E-state index contributed by atoms with van der Waals surface area (Å²) >= 11 is 6.23. The van der Waals surface area contributed by atoms with Crippen molar-refractivity contribution in [2.24, 2.45) is 0 Å². The topological polar surface area (TPSA) is 54.0 Å². The fourth-order valence-corrected chi connectivity index (χ4v) is 3.70. The number of rotatable bonds is 5. The molecule has 0 bridgehead atoms. The highest BCUT2D eigenvalue weighted by Crippen LogP contribution is 2.40. The monoisotopic (exact) mass is 407 g/mol. The second-order valence-electron chi connectivity index (χ2n) is 7.81. The maximum Gasteiger partial charge on any atom is 0.248 e. The molecule has 0 spiro atoms. The highest BCUT2D eigenvalue weighted by atomic mass is 35.5. The van der Waals surface area contributed by atoms with Gasteiger partial charge in [0.1, 0.15) is 0 Å². The molecule has 2 aromatic rings. The normalized spacial score (nSPS) is 17.8. The maximum absolute atomic E-state index is 13.5. The van der Waals surface area contributed by atoms with Crippen molar-refractivity contribution in [1.82, 2.24) is 4.98 Å². The Morgan fingerprint density at radius 3 is 2.61 bits per heavy atom. The second-order valence-corrected chi connectivity index (χ2v) is 8.24. The minimum Gasteiger partial charge on any atom is -0.380 e. The first-order chi connectivity index (χ1) is 13.1. The standard InChI is InChI=1S/C21H24ClF2N3O/c1-14-3-8-25-13-18(14)26-19(28)11-15-9-16(22)12-17(10-15)27-20(2)4-6-21(23,24)7-5-20/h3,8-10,12-13,27H,4-7,11H2,1-2H3,(H,26,28). The van der Waals surface area contributed by atoms with Crippen molar-refractivity contribution in [3.63, 3.8) is 0 Å². The molecule has 1 aromatic heterocycles. The molecule has 0 aliphatic heterocycles. The summed E-state index contributed by atoms with van der Waals surface area (Å²) in [4.78, 5) is 16.4. The summed E-state index contributed by atoms with van der Waals surface area (Å²) in [5.74, 6) is -2.75. The molecule has 1 saturated carbocycles. The van der Waals surface area contributed by atoms with Crippen LogP contribution in [-0.2, 0) is 11.2 Å². The van der Waals surface area contributed by atoms with Crippen LogP contribution < -0.4 is 10.6 Å². The molecule has 0 saturated heterocycles. The van der Waals surface area contributed by atoms with Crippen molar-refractivity contribution in [3.05, 3.63) is 52.8 Å². The number of halogens is 3. The van der Waals surface area contributed by atoms with Crippen molar-refractivity contribution >= 4 is 28.9 Å². The molecule has 0 atom stereocenters. The van der Waals surface area contributed by atoms with E-state index in [1.54, 1.807) is 24.5 Å². The van der Waals surface area contributed by atoms with Gasteiger partial charge in [-0.05, 0) is 62.1 Å². The fraction of sp³-hybridized carbons (Fsp3) is 0.429. The molecule has 1 aliphatic rings. The van der Waals surface area contributed by atoms with Crippen LogP contribution in [0.4, 0.5) is 20.2 Å². The SMILES string of the molecule is Cc1ccncc1NC(=O)Cc1cc(Cl)cc(NC2(C)CCC(F)(F)CC2)c1. The van der Waals surface area contributed by atoms with Crippen LogP contribution in [0.25, 0.3) is 0 Å². The fourth-order valence-electron chi connectivity index (χ4n) is 3.44. The molecular formula is C21H24ClF2N3O. The summed E-state index contributed by atoms with van der Waals surface area (Å²) in [6.45, 7) is 3.84. The first kappa shape index (κ1) is 20.5. The Labute approximate surface area is 168 Å². The first-order valence-corrected chi connectivity index (χ1v) is 9.68. The number of carbonyl (C=O) groups is 1. The van der Waals surface area contributed by atoms with Crippen LogP contribution in [0.3, 0.4) is 0 Å². The number of nitrogens with one attached hydrogen (secondary N) is 2. The summed E-state index contributed by atoms with van der Waals surface area (Å²) in [5.41, 5.74) is 2.67. The van der Waals surface area contributed by atoms with Gasteiger partial charge in [0.25, 0.3) is 0 Å². The number of amides is 1. The van der Waals surface area contributed by atoms with Gasteiger partial charge in [0, 0.05) is 35.3 Å². The summed E-state index contributed by atoms with van der Waals surface area (Å²) in [6, 6.07) is 7.16. The Morgan fingerprint density at radius 1 is 1.21 bits per heavy atom. The lowest BCUT2D eigenvalue weighted by Crippen LogP contribution is -2.42. The van der Waals surface area contributed by atoms with E-state index >= 15 is 0 Å². The van der Waals surface area contributed by atoms with Crippen molar-refractivity contribution in [2.45, 2.75) is 57.4 Å². The quantitative estimate of drug-likeness (QED) is 0.677. The highest BCUT2D eigenvalue weighted by molar-refractivity contribution is 6.31. The van der Waals surface area contributed by atoms with Gasteiger partial charge in [0.2, 0.25) is 11.8 Å². The van der Waals surface area contributed by atoms with E-state index < -0.39 is 11.5 Å². The molecule has 4 nitrogen and oxygen atoms in total. The minimum absolute atomic E-state index is 0.128. The molecule has 28 heavy (non-hydrogen) atoms. The van der Waals surface area contributed by atoms with Crippen LogP contribution in [0.1, 0.15) is 43.7 Å². The predicted octanol–water partition coefficient (Wildman–Crippen LogP) is 5.60. The van der Waals surface area contributed by atoms with Gasteiger partial charge < -0.3 is 10.6 Å². The van der Waals surface area contributed by atoms with Crippen LogP contribution in [0.5, 0.6) is 0 Å². The van der Waals surface area contributed by atoms with Crippen molar-refractivity contribution in [2.75, 3.05) is 10.6 Å². The van der Waals surface area contributed by atoms with E-state index in [-0.39, 0.29) is 25.2 Å². The molecular weight excluding hydrogens is 384 g/mol. The average Bonchev–Trinajstić information content (AvgIpc) is 2.59. The van der Waals surface area contributed by atoms with Crippen molar-refractivity contribution in [3.8, 4) is 0 Å². The lowest BCUT2D eigenvalue weighted by atomic mass is 9.81. The Morgan fingerprint density at radius 2 is 1.93 bits per heavy atom. The van der Waals surface area contributed by atoms with Crippen LogP contribution in [0, 0.1) is 6.92 Å². The molecule has 0 radical (unpaired) electrons. The third kappa shape index (κ3) is 5.41. The Kier molecular flexibility index (Phi) is 5.89. The molecule has 0 unspecified atom stereocenters. The number of hydrogen-bond donors (Lipinski definition) is 2. The van der Waals surface area contributed by atoms with E-state index in [1.807, 2.05) is 26.0 Å². The van der Waals surface area contributed by atoms with E-state index in [9.17, 15) is 13.6 Å². The first-order valence-electron chi connectivity index (χ1n) is 9.30. The number of aryl methyl sites for hydroxylation is 1. The number of alkyl halides is 2. The number of carbonyl (C=O) groups excluding carboxylic acids is 1. The number of pyridine rings is 1. The Hall–Kier alpha value is -2.21. The van der Waals surface area contributed by atoms with E-state index in [0.717, 1.165) is 16.8 Å². The van der Waals surface area contributed by atoms with Gasteiger partial charge in [0.15, 0.2) is 0 Å². The van der Waals surface area contributed by atoms with E-state index in [2.05, 4.69) is 15.6 Å². The van der Waals surface area contributed by atoms with Crippen LogP contribution in [0.15, 0.2) is 36.7 Å². The Balaban J connectivity index is 1.68. The second kappa shape index (κ2) is 8.03. The molecule has 1 fully saturated rings. The molecule has 1 amide bonds. The zero-order valence-electron chi connectivity index (χ0n) is 16.0. The summed E-state index contributed by atoms with van der Waals surface area (Å²) < 4.78 is 26.9. The number of hydrogen-bond acceptors (Lipinski definition) is 3. The molecule has 3 rings (SSSR count). The van der Waals surface area contributed by atoms with Gasteiger partial charge in [-0.2, -0.15) is 0 Å². The van der Waals surface area contributed by atoms with Crippen LogP contribution in [-0.4, -0.2) is 22.4 Å². The predicted molar refractivity (Wildman–Crippen MR) is 108 cm³/mol. The number of anilines is 2. The van der Waals surface area contributed by atoms with Gasteiger partial charge in [-0.3, -0.25) is 9.78 Å². The van der Waals surface area contributed by atoms with Gasteiger partial charge in [-0.1, -0.05) is 11.6 Å². The summed E-state index contributed by atoms with van der Waals surface area (Å²) in [5, 5.41) is 6.69. The zero-order chi connectivity index (χ0) is 20.4. The lowest BCUT2D eigenvalue weighted by molar-refractivity contribution is -0.115. The molecule has 1 heterocycles. The number of aromatic nitrogens is 1. The highest BCUT2D eigenvalue weighted by Gasteiger charge is 2.40. The summed E-state index contributed by atoms with van der Waals surface area (Å²) in [7, 11) is 0. The summed E-state index contributed by atoms with van der Waals surface area (Å²) in [6.07, 6.45) is 3.93. The minimum atomic E-state index is -2.58. The third-order valence-electron chi connectivity index (χ3n) is 5.17. The number of nitrogens with zero attached hydrogens (tertiary/aromatic N) is 1. The van der Waals surface area contributed by atoms with Gasteiger partial charge in [-0.25, -0.2) is 8.78 Å². The van der Waals surface area contributed by atoms with E-state index in [4.69, 9.17) is 11.6 Å². The molecule has 7 heteroatoms. The van der Waals surface area contributed by atoms with Crippen molar-refractivity contribution in [1.29, 1.82) is 0 Å². The molecule has 150 valence electrons. The average molecular weight is 408 g/mol. The smallest absolute Gasteiger partial charge is 0.248 e. The molecule has 2 N–H and O–H groups in total. The maximum atomic E-state index is 13.5. The largest absolute Gasteiger partial charge is 0.380 e. The zero-order valence-corrected chi connectivity index (χ0v) is 16.7. The van der Waals surface area contributed by atoms with E-state index in [1.165, 1.54) is 0 Å². The lowest BCUT2D eigenvalue weighted by Gasteiger charge is -2.38. The van der Waals surface area contributed by atoms with Crippen molar-refractivity contribution < 1.29 is 13.6 Å². The molecule has 1 aliphatic carbocycles. The van der Waals surface area contributed by atoms with E-state index in [0.29, 0.717) is 23.6 Å². The van der Waals surface area contributed by atoms with Crippen LogP contribution in [0.2, 0.25) is 5.02 Å². The Bertz CT molecular complexity index is 862. The van der Waals surface area contributed by atoms with Gasteiger partial charge >= 0.3 is 0 Å².